The molecule has 3 aromatic rings. The molecule has 4 rings (SSSR count). The van der Waals surface area contributed by atoms with Crippen molar-refractivity contribution in [2.75, 3.05) is 5.32 Å². The van der Waals surface area contributed by atoms with E-state index in [4.69, 9.17) is 4.74 Å². The molecule has 0 radical (unpaired) electrons. The van der Waals surface area contributed by atoms with Crippen molar-refractivity contribution in [3.63, 3.8) is 0 Å². The van der Waals surface area contributed by atoms with Gasteiger partial charge in [-0.3, -0.25) is 9.59 Å². The van der Waals surface area contributed by atoms with E-state index >= 15 is 0 Å². The summed E-state index contributed by atoms with van der Waals surface area (Å²) in [6, 6.07) is 11.9. The molecular weight excluding hydrogens is 420 g/mol. The van der Waals surface area contributed by atoms with Crippen LogP contribution in [0.3, 0.4) is 0 Å². The summed E-state index contributed by atoms with van der Waals surface area (Å²) in [5.41, 5.74) is 0.670. The van der Waals surface area contributed by atoms with Gasteiger partial charge in [0.25, 0.3) is 21.8 Å². The standard InChI is InChI=1S/C21H18N4O5S/c1-13(2)25-20(27)17-9-4-14(12-18(17)31(25,28)29)19(26)24-15-5-7-16(8-6-15)30-21-22-10-3-11-23-21/h3-13H,1-2H3,(H,24,26). The van der Waals surface area contributed by atoms with Crippen LogP contribution in [0.15, 0.2) is 65.8 Å². The third-order valence-electron chi connectivity index (χ3n) is 4.54. The first kappa shape index (κ1) is 20.5. The van der Waals surface area contributed by atoms with E-state index in [1.165, 1.54) is 18.2 Å². The van der Waals surface area contributed by atoms with Gasteiger partial charge < -0.3 is 10.1 Å². The van der Waals surface area contributed by atoms with E-state index in [-0.39, 0.29) is 22.0 Å². The summed E-state index contributed by atoms with van der Waals surface area (Å²) in [7, 11) is -3.98. The largest absolute Gasteiger partial charge is 0.424 e. The maximum absolute atomic E-state index is 12.7. The van der Waals surface area contributed by atoms with Crippen molar-refractivity contribution in [1.29, 1.82) is 0 Å². The average Bonchev–Trinajstić information content (AvgIpc) is 2.95. The first-order chi connectivity index (χ1) is 14.8. The van der Waals surface area contributed by atoms with E-state index in [2.05, 4.69) is 15.3 Å². The number of aromatic nitrogens is 2. The number of fused-ring (bicyclic) bond motifs is 1. The Morgan fingerprint density at radius 1 is 1.06 bits per heavy atom. The Morgan fingerprint density at radius 3 is 2.39 bits per heavy atom. The predicted octanol–water partition coefficient (Wildman–Crippen LogP) is 3.07. The molecular formula is C21H18N4O5S. The van der Waals surface area contributed by atoms with E-state index in [9.17, 15) is 18.0 Å². The molecule has 0 aliphatic carbocycles. The lowest BCUT2D eigenvalue weighted by molar-refractivity contribution is 0.0846. The van der Waals surface area contributed by atoms with Crippen molar-refractivity contribution in [2.45, 2.75) is 24.8 Å². The maximum atomic E-state index is 12.7. The van der Waals surface area contributed by atoms with Crippen molar-refractivity contribution < 1.29 is 22.7 Å². The van der Waals surface area contributed by atoms with Crippen molar-refractivity contribution in [1.82, 2.24) is 14.3 Å². The van der Waals surface area contributed by atoms with E-state index < -0.39 is 27.9 Å². The molecule has 1 N–H and O–H groups in total. The zero-order valence-corrected chi connectivity index (χ0v) is 17.5. The number of hydrogen-bond donors (Lipinski definition) is 1. The quantitative estimate of drug-likeness (QED) is 0.650. The van der Waals surface area contributed by atoms with Crippen LogP contribution >= 0.6 is 0 Å². The monoisotopic (exact) mass is 438 g/mol. The minimum Gasteiger partial charge on any atom is -0.424 e. The average molecular weight is 438 g/mol. The number of nitrogens with zero attached hydrogens (tertiary/aromatic N) is 3. The summed E-state index contributed by atoms with van der Waals surface area (Å²) in [6.45, 7) is 3.23. The topological polar surface area (TPSA) is 119 Å². The lowest BCUT2D eigenvalue weighted by Crippen LogP contribution is -2.36. The summed E-state index contributed by atoms with van der Waals surface area (Å²) in [5.74, 6) is -0.608. The number of carbonyl (C=O) groups is 2. The van der Waals surface area contributed by atoms with Crippen molar-refractivity contribution in [3.05, 3.63) is 72.1 Å². The van der Waals surface area contributed by atoms with Gasteiger partial charge in [0.05, 0.1) is 5.56 Å². The molecule has 1 aliphatic heterocycles. The van der Waals surface area contributed by atoms with E-state index in [0.717, 1.165) is 4.31 Å². The second-order valence-corrected chi connectivity index (χ2v) is 8.81. The highest BCUT2D eigenvalue weighted by molar-refractivity contribution is 7.90. The smallest absolute Gasteiger partial charge is 0.321 e. The Labute approximate surface area is 178 Å². The normalized spacial score (nSPS) is 14.4. The molecule has 1 aromatic heterocycles. The van der Waals surface area contributed by atoms with Crippen LogP contribution in [-0.2, 0) is 10.0 Å². The highest BCUT2D eigenvalue weighted by Crippen LogP contribution is 2.32. The van der Waals surface area contributed by atoms with Gasteiger partial charge in [-0.25, -0.2) is 22.7 Å². The molecule has 0 saturated heterocycles. The van der Waals surface area contributed by atoms with Crippen molar-refractivity contribution >= 4 is 27.5 Å². The molecule has 0 fully saturated rings. The van der Waals surface area contributed by atoms with Gasteiger partial charge in [0.2, 0.25) is 0 Å². The fourth-order valence-electron chi connectivity index (χ4n) is 3.15. The summed E-state index contributed by atoms with van der Waals surface area (Å²) in [4.78, 5) is 32.8. The Hall–Kier alpha value is -3.79. The maximum Gasteiger partial charge on any atom is 0.321 e. The fourth-order valence-corrected chi connectivity index (χ4v) is 4.95. The highest BCUT2D eigenvalue weighted by Gasteiger charge is 2.42. The lowest BCUT2D eigenvalue weighted by atomic mass is 10.1. The van der Waals surface area contributed by atoms with Gasteiger partial charge in [-0.1, -0.05) is 0 Å². The highest BCUT2D eigenvalue weighted by atomic mass is 32.2. The molecule has 0 spiro atoms. The molecule has 2 amide bonds. The van der Waals surface area contributed by atoms with Crippen LogP contribution in [0, 0.1) is 0 Å². The Kier molecular flexibility index (Phi) is 5.15. The summed E-state index contributed by atoms with van der Waals surface area (Å²) in [5, 5.41) is 2.69. The minimum absolute atomic E-state index is 0.0647. The molecule has 1 aliphatic rings. The fraction of sp³-hybridized carbons (Fsp3) is 0.143. The van der Waals surface area contributed by atoms with Gasteiger partial charge in [0.1, 0.15) is 10.6 Å². The third-order valence-corrected chi connectivity index (χ3v) is 6.54. The zero-order valence-electron chi connectivity index (χ0n) is 16.6. The number of benzene rings is 2. The number of ether oxygens (including phenoxy) is 1. The van der Waals surface area contributed by atoms with E-state index in [1.807, 2.05) is 0 Å². The van der Waals surface area contributed by atoms with Gasteiger partial charge in [-0.2, -0.15) is 0 Å². The number of hydrogen-bond acceptors (Lipinski definition) is 7. The Balaban J connectivity index is 1.52. The molecule has 0 atom stereocenters. The summed E-state index contributed by atoms with van der Waals surface area (Å²) in [6.07, 6.45) is 3.11. The SMILES string of the molecule is CC(C)N1C(=O)c2ccc(C(=O)Nc3ccc(Oc4ncccn4)cc3)cc2S1(=O)=O. The second kappa shape index (κ2) is 7.80. The molecule has 0 saturated carbocycles. The van der Waals surface area contributed by atoms with Gasteiger partial charge >= 0.3 is 6.01 Å². The molecule has 2 heterocycles. The van der Waals surface area contributed by atoms with Crippen molar-refractivity contribution in [3.8, 4) is 11.8 Å². The summed E-state index contributed by atoms with van der Waals surface area (Å²) < 4.78 is 31.7. The van der Waals surface area contributed by atoms with E-state index in [0.29, 0.717) is 11.4 Å². The van der Waals surface area contributed by atoms with Gasteiger partial charge in [-0.05, 0) is 62.4 Å². The number of anilines is 1. The molecule has 9 nitrogen and oxygen atoms in total. The van der Waals surface area contributed by atoms with Gasteiger partial charge in [0.15, 0.2) is 0 Å². The molecule has 0 bridgehead atoms. The molecule has 2 aromatic carbocycles. The van der Waals surface area contributed by atoms with E-state index in [1.54, 1.807) is 56.6 Å². The van der Waals surface area contributed by atoms with Crippen LogP contribution in [0.1, 0.15) is 34.6 Å². The molecule has 31 heavy (non-hydrogen) atoms. The van der Waals surface area contributed by atoms with Crippen LogP contribution in [0.25, 0.3) is 0 Å². The van der Waals surface area contributed by atoms with Gasteiger partial charge in [-0.15, -0.1) is 0 Å². The molecule has 158 valence electrons. The van der Waals surface area contributed by atoms with Crippen LogP contribution in [0.4, 0.5) is 5.69 Å². The molecule has 10 heteroatoms. The van der Waals surface area contributed by atoms with Crippen LogP contribution in [-0.4, -0.2) is 40.5 Å². The van der Waals surface area contributed by atoms with Crippen LogP contribution < -0.4 is 10.1 Å². The predicted molar refractivity (Wildman–Crippen MR) is 111 cm³/mol. The first-order valence-electron chi connectivity index (χ1n) is 9.36. The number of amides is 2. The summed E-state index contributed by atoms with van der Waals surface area (Å²) >= 11 is 0. The van der Waals surface area contributed by atoms with Crippen LogP contribution in [0.5, 0.6) is 11.8 Å². The number of rotatable bonds is 5. The van der Waals surface area contributed by atoms with Gasteiger partial charge in [0, 0.05) is 29.7 Å². The number of nitrogens with one attached hydrogen (secondary N) is 1. The minimum atomic E-state index is -3.98. The Bertz CT molecular complexity index is 1260. The zero-order chi connectivity index (χ0) is 22.2. The van der Waals surface area contributed by atoms with Crippen molar-refractivity contribution in [2.24, 2.45) is 0 Å². The first-order valence-corrected chi connectivity index (χ1v) is 10.8. The molecule has 0 unspecified atom stereocenters. The number of carbonyl (C=O) groups excluding carboxylic acids is 2. The Morgan fingerprint density at radius 2 is 1.74 bits per heavy atom. The third kappa shape index (κ3) is 3.84. The second-order valence-electron chi connectivity index (χ2n) is 7.02. The van der Waals surface area contributed by atoms with Crippen LogP contribution in [0.2, 0.25) is 0 Å². The lowest BCUT2D eigenvalue weighted by Gasteiger charge is -2.18. The number of sulfonamides is 1.